The van der Waals surface area contributed by atoms with E-state index < -0.39 is 5.54 Å². The summed E-state index contributed by atoms with van der Waals surface area (Å²) < 4.78 is 0. The molecule has 0 amide bonds. The van der Waals surface area contributed by atoms with Crippen molar-refractivity contribution in [2.45, 2.75) is 64.5 Å². The van der Waals surface area contributed by atoms with Gasteiger partial charge in [-0.15, -0.1) is 0 Å². The standard InChI is InChI=1S/C14H27N3/c1-4-5-13-6-8-17(9-7-13)12(2)10-14(3,16)11-15/h12-13H,4-10,16H2,1-3H3. The van der Waals surface area contributed by atoms with Crippen molar-refractivity contribution in [3.8, 4) is 6.07 Å². The molecule has 98 valence electrons. The molecule has 0 aliphatic carbocycles. The second-order valence-corrected chi connectivity index (χ2v) is 5.85. The Morgan fingerprint density at radius 1 is 1.47 bits per heavy atom. The maximum atomic E-state index is 8.96. The molecule has 1 aliphatic heterocycles. The average molecular weight is 237 g/mol. The van der Waals surface area contributed by atoms with Gasteiger partial charge in [0, 0.05) is 6.04 Å². The van der Waals surface area contributed by atoms with E-state index in [1.807, 2.05) is 6.92 Å². The maximum Gasteiger partial charge on any atom is 0.102 e. The second kappa shape index (κ2) is 6.37. The van der Waals surface area contributed by atoms with Crippen molar-refractivity contribution < 1.29 is 0 Å². The number of likely N-dealkylation sites (tertiary alicyclic amines) is 1. The minimum absolute atomic E-state index is 0.423. The van der Waals surface area contributed by atoms with Gasteiger partial charge < -0.3 is 10.6 Å². The summed E-state index contributed by atoms with van der Waals surface area (Å²) in [5, 5.41) is 8.96. The van der Waals surface area contributed by atoms with E-state index >= 15 is 0 Å². The molecular formula is C14H27N3. The Labute approximate surface area is 106 Å². The summed E-state index contributed by atoms with van der Waals surface area (Å²) in [6.45, 7) is 8.64. The van der Waals surface area contributed by atoms with Crippen LogP contribution in [0.5, 0.6) is 0 Å². The van der Waals surface area contributed by atoms with Crippen LogP contribution in [0.4, 0.5) is 0 Å². The lowest BCUT2D eigenvalue weighted by molar-refractivity contribution is 0.123. The molecule has 2 atom stereocenters. The Morgan fingerprint density at radius 2 is 2.06 bits per heavy atom. The van der Waals surface area contributed by atoms with Gasteiger partial charge >= 0.3 is 0 Å². The van der Waals surface area contributed by atoms with Crippen LogP contribution in [0, 0.1) is 17.2 Å². The lowest BCUT2D eigenvalue weighted by atomic mass is 9.90. The van der Waals surface area contributed by atoms with Crippen molar-refractivity contribution in [1.82, 2.24) is 4.90 Å². The molecule has 3 nitrogen and oxygen atoms in total. The van der Waals surface area contributed by atoms with Gasteiger partial charge in [0.05, 0.1) is 6.07 Å². The summed E-state index contributed by atoms with van der Waals surface area (Å²) >= 11 is 0. The third-order valence-corrected chi connectivity index (χ3v) is 3.94. The van der Waals surface area contributed by atoms with E-state index in [4.69, 9.17) is 11.0 Å². The van der Waals surface area contributed by atoms with Crippen LogP contribution in [0.2, 0.25) is 0 Å². The molecular weight excluding hydrogens is 210 g/mol. The lowest BCUT2D eigenvalue weighted by Crippen LogP contribution is -2.46. The summed E-state index contributed by atoms with van der Waals surface area (Å²) in [4.78, 5) is 2.49. The van der Waals surface area contributed by atoms with E-state index in [0.29, 0.717) is 6.04 Å². The number of nitrogens with zero attached hydrogens (tertiary/aromatic N) is 2. The zero-order chi connectivity index (χ0) is 12.9. The normalized spacial score (nSPS) is 23.9. The topological polar surface area (TPSA) is 53.0 Å². The maximum absolute atomic E-state index is 8.96. The third-order valence-electron chi connectivity index (χ3n) is 3.94. The van der Waals surface area contributed by atoms with Crippen LogP contribution in [0.1, 0.15) is 52.9 Å². The van der Waals surface area contributed by atoms with Crippen LogP contribution < -0.4 is 5.73 Å². The molecule has 0 radical (unpaired) electrons. The van der Waals surface area contributed by atoms with Gasteiger partial charge in [-0.1, -0.05) is 19.8 Å². The van der Waals surface area contributed by atoms with Crippen molar-refractivity contribution >= 4 is 0 Å². The molecule has 0 aromatic carbocycles. The van der Waals surface area contributed by atoms with Crippen LogP contribution in [0.15, 0.2) is 0 Å². The molecule has 1 saturated heterocycles. The summed E-state index contributed by atoms with van der Waals surface area (Å²) in [6, 6.07) is 2.61. The first-order chi connectivity index (χ1) is 7.98. The Morgan fingerprint density at radius 3 is 2.53 bits per heavy atom. The summed E-state index contributed by atoms with van der Waals surface area (Å²) in [6.07, 6.45) is 6.06. The van der Waals surface area contributed by atoms with Crippen molar-refractivity contribution in [3.05, 3.63) is 0 Å². The molecule has 1 heterocycles. The highest BCUT2D eigenvalue weighted by Crippen LogP contribution is 2.24. The summed E-state index contributed by atoms with van der Waals surface area (Å²) in [5.74, 6) is 0.920. The fourth-order valence-electron chi connectivity index (χ4n) is 2.88. The highest BCUT2D eigenvalue weighted by Gasteiger charge is 2.27. The van der Waals surface area contributed by atoms with Crippen LogP contribution >= 0.6 is 0 Å². The highest BCUT2D eigenvalue weighted by molar-refractivity contribution is 5.02. The predicted molar refractivity (Wildman–Crippen MR) is 71.5 cm³/mol. The van der Waals surface area contributed by atoms with Crippen molar-refractivity contribution in [1.29, 1.82) is 5.26 Å². The number of rotatable bonds is 5. The van der Waals surface area contributed by atoms with Crippen molar-refractivity contribution in [3.63, 3.8) is 0 Å². The van der Waals surface area contributed by atoms with Crippen LogP contribution in [0.3, 0.4) is 0 Å². The van der Waals surface area contributed by atoms with Crippen molar-refractivity contribution in [2.24, 2.45) is 11.7 Å². The van der Waals surface area contributed by atoms with Gasteiger partial charge in [-0.2, -0.15) is 5.26 Å². The molecule has 2 unspecified atom stereocenters. The molecule has 1 fully saturated rings. The molecule has 17 heavy (non-hydrogen) atoms. The van der Waals surface area contributed by atoms with Crippen LogP contribution in [0.25, 0.3) is 0 Å². The number of hydrogen-bond donors (Lipinski definition) is 1. The van der Waals surface area contributed by atoms with Gasteiger partial charge in [-0.25, -0.2) is 0 Å². The Bertz CT molecular complexity index is 259. The van der Waals surface area contributed by atoms with E-state index in [0.717, 1.165) is 12.3 Å². The summed E-state index contributed by atoms with van der Waals surface area (Å²) in [5.41, 5.74) is 5.23. The first-order valence-electron chi connectivity index (χ1n) is 6.92. The fourth-order valence-corrected chi connectivity index (χ4v) is 2.88. The van der Waals surface area contributed by atoms with Gasteiger partial charge in [0.15, 0.2) is 0 Å². The second-order valence-electron chi connectivity index (χ2n) is 5.85. The number of nitriles is 1. The highest BCUT2D eigenvalue weighted by atomic mass is 15.2. The SMILES string of the molecule is CCCC1CCN(C(C)CC(C)(N)C#N)CC1. The minimum Gasteiger partial charge on any atom is -0.314 e. The molecule has 0 aromatic rings. The molecule has 0 aromatic heterocycles. The monoisotopic (exact) mass is 237 g/mol. The molecule has 0 spiro atoms. The van der Waals surface area contributed by atoms with Crippen LogP contribution in [-0.4, -0.2) is 29.6 Å². The number of nitrogens with two attached hydrogens (primary N) is 1. The van der Waals surface area contributed by atoms with E-state index in [1.165, 1.54) is 38.8 Å². The van der Waals surface area contributed by atoms with E-state index in [-0.39, 0.29) is 0 Å². The van der Waals surface area contributed by atoms with Gasteiger partial charge in [0.1, 0.15) is 5.54 Å². The van der Waals surface area contributed by atoms with Crippen molar-refractivity contribution in [2.75, 3.05) is 13.1 Å². The average Bonchev–Trinajstić information content (AvgIpc) is 2.30. The quantitative estimate of drug-likeness (QED) is 0.799. The largest absolute Gasteiger partial charge is 0.314 e. The van der Waals surface area contributed by atoms with Crippen LogP contribution in [-0.2, 0) is 0 Å². The van der Waals surface area contributed by atoms with Gasteiger partial charge in [-0.05, 0) is 52.1 Å². The molecule has 1 aliphatic rings. The third kappa shape index (κ3) is 4.65. The number of piperidine rings is 1. The summed E-state index contributed by atoms with van der Waals surface area (Å²) in [7, 11) is 0. The minimum atomic E-state index is -0.681. The Balaban J connectivity index is 2.36. The van der Waals surface area contributed by atoms with E-state index in [1.54, 1.807) is 0 Å². The first-order valence-corrected chi connectivity index (χ1v) is 6.92. The van der Waals surface area contributed by atoms with Gasteiger partial charge in [0.2, 0.25) is 0 Å². The Kier molecular flexibility index (Phi) is 5.42. The van der Waals surface area contributed by atoms with Gasteiger partial charge in [0.25, 0.3) is 0 Å². The fraction of sp³-hybridized carbons (Fsp3) is 0.929. The smallest absolute Gasteiger partial charge is 0.102 e. The number of hydrogen-bond acceptors (Lipinski definition) is 3. The van der Waals surface area contributed by atoms with E-state index in [9.17, 15) is 0 Å². The molecule has 0 saturated carbocycles. The zero-order valence-electron chi connectivity index (χ0n) is 11.6. The van der Waals surface area contributed by atoms with E-state index in [2.05, 4.69) is 24.8 Å². The predicted octanol–water partition coefficient (Wildman–Crippen LogP) is 2.52. The molecule has 3 heteroatoms. The molecule has 2 N–H and O–H groups in total. The molecule has 1 rings (SSSR count). The molecule has 0 bridgehead atoms. The Hall–Kier alpha value is -0.590. The first kappa shape index (κ1) is 14.5. The lowest BCUT2D eigenvalue weighted by Gasteiger charge is -2.37. The van der Waals surface area contributed by atoms with Gasteiger partial charge in [-0.3, -0.25) is 0 Å². The zero-order valence-corrected chi connectivity index (χ0v) is 11.6.